The van der Waals surface area contributed by atoms with Crippen LogP contribution in [0.15, 0.2) is 0 Å². The standard InChI is InChI=1S/C21H42O4.K/c1-2-3-4-5-6-7-8-9-10-11-12-13-14-15-16-17-21(24)25-19-20(23)18-22;/h20,22-23H,2-19H2,1H3;. The van der Waals surface area contributed by atoms with Gasteiger partial charge in [-0.3, -0.25) is 4.79 Å². The summed E-state index contributed by atoms with van der Waals surface area (Å²) in [6, 6.07) is 0. The van der Waals surface area contributed by atoms with Crippen molar-refractivity contribution < 1.29 is 19.7 Å². The normalized spacial score (nSPS) is 11.8. The van der Waals surface area contributed by atoms with Gasteiger partial charge < -0.3 is 14.9 Å². The second-order valence-electron chi connectivity index (χ2n) is 7.22. The molecular weight excluding hydrogens is 355 g/mol. The molecule has 0 rings (SSSR count). The van der Waals surface area contributed by atoms with Crippen molar-refractivity contribution in [3.05, 3.63) is 0 Å². The molecule has 1 unspecified atom stereocenters. The average Bonchev–Trinajstić information content (AvgIpc) is 2.62. The van der Waals surface area contributed by atoms with Crippen LogP contribution in [0.25, 0.3) is 0 Å². The van der Waals surface area contributed by atoms with Crippen LogP contribution in [0.3, 0.4) is 0 Å². The number of carbonyl (C=O) groups is 1. The molecule has 0 aromatic carbocycles. The quantitative estimate of drug-likeness (QED) is 0.187. The molecule has 151 valence electrons. The molecule has 0 fully saturated rings. The molecule has 2 N–H and O–H groups in total. The maximum Gasteiger partial charge on any atom is 0.305 e. The third-order valence-electron chi connectivity index (χ3n) is 4.63. The van der Waals surface area contributed by atoms with Gasteiger partial charge in [0.25, 0.3) is 0 Å². The monoisotopic (exact) mass is 397 g/mol. The Morgan fingerprint density at radius 2 is 1.15 bits per heavy atom. The van der Waals surface area contributed by atoms with Crippen molar-refractivity contribution in [2.45, 2.75) is 116 Å². The number of unbranched alkanes of at least 4 members (excludes halogenated alkanes) is 14. The van der Waals surface area contributed by atoms with Gasteiger partial charge in [-0.1, -0.05) is 96.8 Å². The first-order valence-electron chi connectivity index (χ1n) is 10.6. The van der Waals surface area contributed by atoms with Crippen LogP contribution in [0.4, 0.5) is 0 Å². The van der Waals surface area contributed by atoms with Crippen LogP contribution in [-0.4, -0.2) is 86.9 Å². The maximum atomic E-state index is 11.4. The van der Waals surface area contributed by atoms with E-state index < -0.39 is 6.10 Å². The van der Waals surface area contributed by atoms with E-state index in [-0.39, 0.29) is 70.6 Å². The van der Waals surface area contributed by atoms with E-state index in [2.05, 4.69) is 6.92 Å². The van der Waals surface area contributed by atoms with Gasteiger partial charge >= 0.3 is 5.97 Å². The van der Waals surface area contributed by atoms with E-state index in [9.17, 15) is 4.79 Å². The molecule has 4 nitrogen and oxygen atoms in total. The fourth-order valence-electron chi connectivity index (χ4n) is 2.95. The van der Waals surface area contributed by atoms with Crippen molar-refractivity contribution in [1.29, 1.82) is 0 Å². The Morgan fingerprint density at radius 1 is 0.769 bits per heavy atom. The Hall–Kier alpha value is 1.03. The number of aliphatic hydroxyl groups excluding tert-OH is 2. The smallest absolute Gasteiger partial charge is 0.305 e. The second-order valence-corrected chi connectivity index (χ2v) is 7.22. The molecule has 0 bridgehead atoms. The summed E-state index contributed by atoms with van der Waals surface area (Å²) in [6.07, 6.45) is 19.0. The molecule has 1 atom stereocenters. The van der Waals surface area contributed by atoms with Gasteiger partial charge in [0.05, 0.1) is 6.61 Å². The summed E-state index contributed by atoms with van der Waals surface area (Å²) in [5.74, 6) is -0.276. The van der Waals surface area contributed by atoms with Crippen LogP contribution < -0.4 is 0 Å². The molecule has 26 heavy (non-hydrogen) atoms. The minimum Gasteiger partial charge on any atom is -0.463 e. The Bertz CT molecular complexity index is 287. The summed E-state index contributed by atoms with van der Waals surface area (Å²) in [7, 11) is 0. The Kier molecular flexibility index (Phi) is 27.1. The fraction of sp³-hybridized carbons (Fsp3) is 0.952. The zero-order valence-corrected chi connectivity index (χ0v) is 20.6. The molecule has 0 heterocycles. The first-order valence-corrected chi connectivity index (χ1v) is 10.6. The maximum absolute atomic E-state index is 11.4. The van der Waals surface area contributed by atoms with Gasteiger partial charge in [-0.15, -0.1) is 0 Å². The van der Waals surface area contributed by atoms with E-state index in [0.717, 1.165) is 12.8 Å². The van der Waals surface area contributed by atoms with Crippen molar-refractivity contribution >= 4 is 57.4 Å². The van der Waals surface area contributed by atoms with E-state index in [1.54, 1.807) is 0 Å². The number of aliphatic hydroxyl groups is 2. The third kappa shape index (κ3) is 23.1. The molecule has 1 radical (unpaired) electrons. The summed E-state index contributed by atoms with van der Waals surface area (Å²) < 4.78 is 4.86. The van der Waals surface area contributed by atoms with Gasteiger partial charge in [-0.05, 0) is 6.42 Å². The molecule has 0 aliphatic rings. The predicted octanol–water partition coefficient (Wildman–Crippen LogP) is 4.76. The molecule has 0 amide bonds. The van der Waals surface area contributed by atoms with Crippen LogP contribution >= 0.6 is 0 Å². The van der Waals surface area contributed by atoms with Crippen LogP contribution in [0, 0.1) is 0 Å². The van der Waals surface area contributed by atoms with Crippen molar-refractivity contribution in [3.8, 4) is 0 Å². The number of carbonyl (C=O) groups excluding carboxylic acids is 1. The predicted molar refractivity (Wildman–Crippen MR) is 109 cm³/mol. The number of hydrogen-bond acceptors (Lipinski definition) is 4. The summed E-state index contributed by atoms with van der Waals surface area (Å²) in [4.78, 5) is 11.4. The van der Waals surface area contributed by atoms with Crippen molar-refractivity contribution in [2.24, 2.45) is 0 Å². The van der Waals surface area contributed by atoms with Crippen molar-refractivity contribution in [2.75, 3.05) is 13.2 Å². The summed E-state index contributed by atoms with van der Waals surface area (Å²) in [5.41, 5.74) is 0. The summed E-state index contributed by atoms with van der Waals surface area (Å²) in [5, 5.41) is 17.7. The zero-order chi connectivity index (χ0) is 18.6. The number of hydrogen-bond donors (Lipinski definition) is 2. The van der Waals surface area contributed by atoms with Crippen molar-refractivity contribution in [1.82, 2.24) is 0 Å². The van der Waals surface area contributed by atoms with E-state index in [0.29, 0.717) is 6.42 Å². The molecule has 0 spiro atoms. The van der Waals surface area contributed by atoms with Crippen LogP contribution in [-0.2, 0) is 9.53 Å². The SMILES string of the molecule is CCCCCCCCCCCCCCCCCC(=O)OCC(O)CO.[K]. The minimum absolute atomic E-state index is 0. The summed E-state index contributed by atoms with van der Waals surface area (Å²) in [6.45, 7) is 1.79. The topological polar surface area (TPSA) is 66.8 Å². The molecule has 0 saturated heterocycles. The van der Waals surface area contributed by atoms with Gasteiger partial charge in [0.15, 0.2) is 0 Å². The third-order valence-corrected chi connectivity index (χ3v) is 4.63. The van der Waals surface area contributed by atoms with Gasteiger partial charge in [0, 0.05) is 57.8 Å². The van der Waals surface area contributed by atoms with E-state index in [1.165, 1.54) is 83.5 Å². The van der Waals surface area contributed by atoms with E-state index in [1.807, 2.05) is 0 Å². The number of esters is 1. The molecule has 0 saturated carbocycles. The van der Waals surface area contributed by atoms with Gasteiger partial charge in [0.1, 0.15) is 12.7 Å². The largest absolute Gasteiger partial charge is 0.463 e. The van der Waals surface area contributed by atoms with E-state index >= 15 is 0 Å². The molecule has 0 aromatic heterocycles. The number of rotatable bonds is 19. The molecule has 5 heteroatoms. The first kappa shape index (κ1) is 29.2. The van der Waals surface area contributed by atoms with E-state index in [4.69, 9.17) is 14.9 Å². The van der Waals surface area contributed by atoms with Crippen molar-refractivity contribution in [3.63, 3.8) is 0 Å². The van der Waals surface area contributed by atoms with Gasteiger partial charge in [-0.2, -0.15) is 0 Å². The average molecular weight is 398 g/mol. The van der Waals surface area contributed by atoms with Gasteiger partial charge in [0.2, 0.25) is 0 Å². The molecule has 0 aliphatic heterocycles. The van der Waals surface area contributed by atoms with Gasteiger partial charge in [-0.25, -0.2) is 0 Å². The number of ether oxygens (including phenoxy) is 1. The van der Waals surface area contributed by atoms with Crippen LogP contribution in [0.2, 0.25) is 0 Å². The first-order chi connectivity index (χ1) is 12.2. The fourth-order valence-corrected chi connectivity index (χ4v) is 2.95. The molecular formula is C21H42KO4. The molecule has 0 aliphatic carbocycles. The minimum atomic E-state index is -0.954. The zero-order valence-electron chi connectivity index (χ0n) is 17.5. The van der Waals surface area contributed by atoms with Crippen LogP contribution in [0.1, 0.15) is 110 Å². The Labute approximate surface area is 204 Å². The summed E-state index contributed by atoms with van der Waals surface area (Å²) >= 11 is 0. The second kappa shape index (κ2) is 24.1. The Balaban J connectivity index is 0. The van der Waals surface area contributed by atoms with Crippen LogP contribution in [0.5, 0.6) is 0 Å². The molecule has 0 aromatic rings. The Morgan fingerprint density at radius 3 is 1.54 bits per heavy atom.